The molecule has 0 radical (unpaired) electrons. The third-order valence-electron chi connectivity index (χ3n) is 1.46. The first-order chi connectivity index (χ1) is 5.43. The van der Waals surface area contributed by atoms with Crippen molar-refractivity contribution in [3.63, 3.8) is 0 Å². The Morgan fingerprint density at radius 2 is 1.58 bits per heavy atom. The van der Waals surface area contributed by atoms with Crippen LogP contribution in [-0.2, 0) is 14.4 Å². The highest BCUT2D eigenvalue weighted by molar-refractivity contribution is 6.07. The van der Waals surface area contributed by atoms with Gasteiger partial charge in [0.25, 0.3) is 0 Å². The Labute approximate surface area is 72.1 Å². The van der Waals surface area contributed by atoms with Crippen LogP contribution in [0.3, 0.4) is 0 Å². The van der Waals surface area contributed by atoms with Crippen LogP contribution in [-0.4, -0.2) is 17.3 Å². The number of Topliss-reactive ketones (excluding diaryl/α,β-unsaturated/α-hetero) is 3. The Hall–Kier alpha value is -0.990. The van der Waals surface area contributed by atoms with Crippen LogP contribution >= 0.6 is 0 Å². The highest BCUT2D eigenvalue weighted by Gasteiger charge is 2.13. The van der Waals surface area contributed by atoms with Crippen LogP contribution in [0.5, 0.6) is 0 Å². The van der Waals surface area contributed by atoms with Crippen LogP contribution < -0.4 is 0 Å². The minimum absolute atomic E-state index is 0.0961. The average molecular weight is 170 g/mol. The van der Waals surface area contributed by atoms with Gasteiger partial charge < -0.3 is 0 Å². The van der Waals surface area contributed by atoms with Gasteiger partial charge in [0.1, 0.15) is 17.3 Å². The largest absolute Gasteiger partial charge is 0.300 e. The molecule has 0 heterocycles. The van der Waals surface area contributed by atoms with E-state index in [0.29, 0.717) is 0 Å². The summed E-state index contributed by atoms with van der Waals surface area (Å²) in [5.41, 5.74) is 0. The fourth-order valence-corrected chi connectivity index (χ4v) is 0.739. The molecule has 0 saturated carbocycles. The SMILES string of the molecule is CC(=O)CC(=O)CC(=O)C(C)C. The van der Waals surface area contributed by atoms with Crippen molar-refractivity contribution in [3.8, 4) is 0 Å². The minimum Gasteiger partial charge on any atom is -0.300 e. The summed E-state index contributed by atoms with van der Waals surface area (Å²) in [4.78, 5) is 32.4. The monoisotopic (exact) mass is 170 g/mol. The van der Waals surface area contributed by atoms with Crippen molar-refractivity contribution in [2.45, 2.75) is 33.6 Å². The van der Waals surface area contributed by atoms with Crippen LogP contribution in [0, 0.1) is 5.92 Å². The van der Waals surface area contributed by atoms with E-state index in [1.807, 2.05) is 0 Å². The number of carbonyl (C=O) groups excluding carboxylic acids is 3. The minimum atomic E-state index is -0.277. The smallest absolute Gasteiger partial charge is 0.147 e. The summed E-state index contributed by atoms with van der Waals surface area (Å²) in [6, 6.07) is 0. The maximum atomic E-state index is 11.0. The lowest BCUT2D eigenvalue weighted by molar-refractivity contribution is -0.130. The van der Waals surface area contributed by atoms with Gasteiger partial charge in [-0.3, -0.25) is 14.4 Å². The first-order valence-electron chi connectivity index (χ1n) is 3.97. The molecule has 0 aromatic rings. The molecule has 0 amide bonds. The second-order valence-corrected chi connectivity index (χ2v) is 3.22. The molecule has 0 aliphatic heterocycles. The van der Waals surface area contributed by atoms with Crippen LogP contribution in [0.15, 0.2) is 0 Å². The molecule has 0 aromatic heterocycles. The Kier molecular flexibility index (Phi) is 4.40. The molecule has 0 rings (SSSR count). The molecule has 3 nitrogen and oxygen atoms in total. The van der Waals surface area contributed by atoms with E-state index in [4.69, 9.17) is 0 Å². The summed E-state index contributed by atoms with van der Waals surface area (Å²) in [6.07, 6.45) is -0.213. The van der Waals surface area contributed by atoms with Crippen LogP contribution in [0.1, 0.15) is 33.6 Å². The fourth-order valence-electron chi connectivity index (χ4n) is 0.739. The molecule has 0 atom stereocenters. The summed E-state index contributed by atoms with van der Waals surface area (Å²) in [5.74, 6) is -0.681. The molecule has 0 N–H and O–H groups in total. The third-order valence-corrected chi connectivity index (χ3v) is 1.46. The standard InChI is InChI=1S/C9H14O3/c1-6(2)9(12)5-8(11)4-7(3)10/h6H,4-5H2,1-3H3. The maximum Gasteiger partial charge on any atom is 0.147 e. The molecule has 3 heteroatoms. The van der Waals surface area contributed by atoms with Crippen molar-refractivity contribution in [1.29, 1.82) is 0 Å². The Morgan fingerprint density at radius 1 is 1.08 bits per heavy atom. The van der Waals surface area contributed by atoms with Gasteiger partial charge in [-0.1, -0.05) is 13.8 Å². The van der Waals surface area contributed by atoms with Crippen molar-refractivity contribution in [3.05, 3.63) is 0 Å². The van der Waals surface area contributed by atoms with E-state index in [1.54, 1.807) is 13.8 Å². The number of carbonyl (C=O) groups is 3. The highest BCUT2D eigenvalue weighted by atomic mass is 16.2. The third kappa shape index (κ3) is 4.77. The van der Waals surface area contributed by atoms with Gasteiger partial charge >= 0.3 is 0 Å². The lowest BCUT2D eigenvalue weighted by Gasteiger charge is -2.01. The van der Waals surface area contributed by atoms with Gasteiger partial charge in [-0.25, -0.2) is 0 Å². The van der Waals surface area contributed by atoms with Crippen molar-refractivity contribution in [2.75, 3.05) is 0 Å². The fraction of sp³-hybridized carbons (Fsp3) is 0.667. The number of ketones is 3. The zero-order valence-electron chi connectivity index (χ0n) is 7.72. The first kappa shape index (κ1) is 11.0. The van der Waals surface area contributed by atoms with Gasteiger partial charge in [0.05, 0.1) is 12.8 Å². The lowest BCUT2D eigenvalue weighted by Crippen LogP contribution is -2.14. The van der Waals surface area contributed by atoms with E-state index in [9.17, 15) is 14.4 Å². The second-order valence-electron chi connectivity index (χ2n) is 3.22. The zero-order chi connectivity index (χ0) is 9.72. The number of hydrogen-bond acceptors (Lipinski definition) is 3. The maximum absolute atomic E-state index is 11.0. The van der Waals surface area contributed by atoms with Crippen molar-refractivity contribution in [1.82, 2.24) is 0 Å². The molecule has 0 unspecified atom stereocenters. The summed E-state index contributed by atoms with van der Waals surface area (Å²) < 4.78 is 0. The second kappa shape index (κ2) is 4.80. The molecule has 0 aromatic carbocycles. The van der Waals surface area contributed by atoms with Gasteiger partial charge in [-0.15, -0.1) is 0 Å². The molecule has 0 aliphatic rings. The van der Waals surface area contributed by atoms with Gasteiger partial charge in [-0.05, 0) is 6.92 Å². The number of hydrogen-bond donors (Lipinski definition) is 0. The highest BCUT2D eigenvalue weighted by Crippen LogP contribution is 2.01. The van der Waals surface area contributed by atoms with Gasteiger partial charge in [0, 0.05) is 5.92 Å². The van der Waals surface area contributed by atoms with E-state index in [-0.39, 0.29) is 36.1 Å². The molecule has 0 saturated heterocycles. The summed E-state index contributed by atoms with van der Waals surface area (Å²) in [7, 11) is 0. The zero-order valence-corrected chi connectivity index (χ0v) is 7.72. The Balaban J connectivity index is 3.85. The first-order valence-corrected chi connectivity index (χ1v) is 3.97. The van der Waals surface area contributed by atoms with E-state index < -0.39 is 0 Å². The predicted octanol–water partition coefficient (Wildman–Crippen LogP) is 1.15. The van der Waals surface area contributed by atoms with Gasteiger partial charge in [0.2, 0.25) is 0 Å². The molecular formula is C9H14O3. The molecule has 0 spiro atoms. The Bertz CT molecular complexity index is 204. The molecular weight excluding hydrogens is 156 g/mol. The van der Waals surface area contributed by atoms with E-state index in [1.165, 1.54) is 6.92 Å². The van der Waals surface area contributed by atoms with Crippen LogP contribution in [0.25, 0.3) is 0 Å². The quantitative estimate of drug-likeness (QED) is 0.581. The summed E-state index contributed by atoms with van der Waals surface area (Å²) >= 11 is 0. The van der Waals surface area contributed by atoms with Crippen LogP contribution in [0.4, 0.5) is 0 Å². The Morgan fingerprint density at radius 3 is 1.92 bits per heavy atom. The normalized spacial score (nSPS) is 10.0. The average Bonchev–Trinajstić information content (AvgIpc) is 1.84. The van der Waals surface area contributed by atoms with Crippen molar-refractivity contribution >= 4 is 17.3 Å². The molecule has 0 fully saturated rings. The topological polar surface area (TPSA) is 51.2 Å². The van der Waals surface area contributed by atoms with E-state index in [0.717, 1.165) is 0 Å². The van der Waals surface area contributed by atoms with Crippen molar-refractivity contribution in [2.24, 2.45) is 5.92 Å². The molecule has 0 bridgehead atoms. The molecule has 12 heavy (non-hydrogen) atoms. The van der Waals surface area contributed by atoms with Gasteiger partial charge in [0.15, 0.2) is 0 Å². The molecule has 0 aliphatic carbocycles. The van der Waals surface area contributed by atoms with Gasteiger partial charge in [-0.2, -0.15) is 0 Å². The summed E-state index contributed by atoms with van der Waals surface area (Å²) in [6.45, 7) is 4.82. The lowest BCUT2D eigenvalue weighted by atomic mass is 10.0. The van der Waals surface area contributed by atoms with E-state index >= 15 is 0 Å². The molecule has 68 valence electrons. The van der Waals surface area contributed by atoms with Crippen molar-refractivity contribution < 1.29 is 14.4 Å². The summed E-state index contributed by atoms with van der Waals surface area (Å²) in [5, 5.41) is 0. The predicted molar refractivity (Wildman–Crippen MR) is 44.8 cm³/mol. The van der Waals surface area contributed by atoms with Crippen LogP contribution in [0.2, 0.25) is 0 Å². The van der Waals surface area contributed by atoms with E-state index in [2.05, 4.69) is 0 Å². The number of rotatable bonds is 5.